The van der Waals surface area contributed by atoms with E-state index < -0.39 is 11.5 Å². The van der Waals surface area contributed by atoms with Gasteiger partial charge in [-0.25, -0.2) is 14.8 Å². The highest BCUT2D eigenvalue weighted by molar-refractivity contribution is 5.68. The van der Waals surface area contributed by atoms with E-state index in [1.54, 1.807) is 11.8 Å². The third kappa shape index (κ3) is 3.52. The first-order valence-corrected chi connectivity index (χ1v) is 8.54. The second kappa shape index (κ2) is 6.07. The fourth-order valence-corrected chi connectivity index (χ4v) is 3.39. The van der Waals surface area contributed by atoms with Crippen LogP contribution in [0, 0.1) is 0 Å². The van der Waals surface area contributed by atoms with Crippen LogP contribution in [0.2, 0.25) is 0 Å². The zero-order chi connectivity index (χ0) is 18.4. The van der Waals surface area contributed by atoms with Gasteiger partial charge in [0, 0.05) is 38.2 Å². The number of carbonyl (C=O) groups is 1. The van der Waals surface area contributed by atoms with E-state index >= 15 is 0 Å². The van der Waals surface area contributed by atoms with Crippen molar-refractivity contribution in [1.82, 2.24) is 14.9 Å². The average Bonchev–Trinajstić information content (AvgIpc) is 2.75. The largest absolute Gasteiger partial charge is 0.444 e. The number of hydrogen-bond acceptors (Lipinski definition) is 5. The number of rotatable bonds is 1. The van der Waals surface area contributed by atoms with Gasteiger partial charge in [-0.2, -0.15) is 8.78 Å². The van der Waals surface area contributed by atoms with Crippen LogP contribution in [0.3, 0.4) is 0 Å². The highest BCUT2D eigenvalue weighted by Gasteiger charge is 2.47. The van der Waals surface area contributed by atoms with Crippen molar-refractivity contribution in [1.29, 1.82) is 0 Å². The van der Waals surface area contributed by atoms with Gasteiger partial charge in [0.25, 0.3) is 5.92 Å². The molecule has 2 aliphatic rings. The summed E-state index contributed by atoms with van der Waals surface area (Å²) in [4.78, 5) is 23.8. The summed E-state index contributed by atoms with van der Waals surface area (Å²) in [6.45, 7) is 9.26. The minimum absolute atomic E-state index is 0.153. The maximum atomic E-state index is 14.1. The van der Waals surface area contributed by atoms with Crippen LogP contribution in [-0.2, 0) is 10.7 Å². The standard InChI is InChI=1S/C17H24F2N4O2/c1-11-9-17(18,19)13-12(11)14(21-10-20-13)22-5-7-23(8-6-22)15(24)25-16(2,3)4/h10-11H,5-9H2,1-4H3. The summed E-state index contributed by atoms with van der Waals surface area (Å²) < 4.78 is 33.5. The number of nitrogens with zero attached hydrogens (tertiary/aromatic N) is 4. The van der Waals surface area contributed by atoms with E-state index in [2.05, 4.69) is 9.97 Å². The molecule has 1 saturated heterocycles. The molecule has 1 amide bonds. The fourth-order valence-electron chi connectivity index (χ4n) is 3.39. The molecule has 0 radical (unpaired) electrons. The van der Waals surface area contributed by atoms with Crippen LogP contribution in [0.5, 0.6) is 0 Å². The van der Waals surface area contributed by atoms with Gasteiger partial charge in [-0.15, -0.1) is 0 Å². The van der Waals surface area contributed by atoms with Gasteiger partial charge in [-0.3, -0.25) is 0 Å². The smallest absolute Gasteiger partial charge is 0.410 e. The van der Waals surface area contributed by atoms with Crippen LogP contribution in [0.1, 0.15) is 51.3 Å². The second-order valence-corrected chi connectivity index (χ2v) is 7.72. The molecular weight excluding hydrogens is 330 g/mol. The molecule has 3 rings (SSSR count). The molecule has 1 atom stereocenters. The lowest BCUT2D eigenvalue weighted by molar-refractivity contribution is -0.00978. The van der Waals surface area contributed by atoms with E-state index in [9.17, 15) is 13.6 Å². The third-order valence-electron chi connectivity index (χ3n) is 4.50. The van der Waals surface area contributed by atoms with Crippen molar-refractivity contribution in [2.45, 2.75) is 51.6 Å². The predicted octanol–water partition coefficient (Wildman–Crippen LogP) is 3.13. The average molecular weight is 354 g/mol. The van der Waals surface area contributed by atoms with Gasteiger partial charge in [0.2, 0.25) is 0 Å². The van der Waals surface area contributed by atoms with E-state index in [0.29, 0.717) is 37.6 Å². The van der Waals surface area contributed by atoms with Gasteiger partial charge >= 0.3 is 6.09 Å². The van der Waals surface area contributed by atoms with Crippen molar-refractivity contribution in [3.05, 3.63) is 17.6 Å². The summed E-state index contributed by atoms with van der Waals surface area (Å²) in [5.41, 5.74) is -0.152. The number of alkyl halides is 2. The summed E-state index contributed by atoms with van der Waals surface area (Å²) in [6.07, 6.45) is 0.631. The lowest BCUT2D eigenvalue weighted by atomic mass is 10.1. The monoisotopic (exact) mass is 354 g/mol. The molecule has 1 aliphatic carbocycles. The highest BCUT2D eigenvalue weighted by atomic mass is 19.3. The minimum atomic E-state index is -2.90. The van der Waals surface area contributed by atoms with Gasteiger partial charge in [-0.1, -0.05) is 6.92 Å². The molecule has 0 spiro atoms. The third-order valence-corrected chi connectivity index (χ3v) is 4.50. The van der Waals surface area contributed by atoms with Crippen LogP contribution in [0.25, 0.3) is 0 Å². The van der Waals surface area contributed by atoms with Crippen LogP contribution in [0.4, 0.5) is 19.4 Å². The van der Waals surface area contributed by atoms with Crippen LogP contribution in [-0.4, -0.2) is 52.7 Å². The summed E-state index contributed by atoms with van der Waals surface area (Å²) in [7, 11) is 0. The lowest BCUT2D eigenvalue weighted by Gasteiger charge is -2.37. The number of carbonyl (C=O) groups excluding carboxylic acids is 1. The Balaban J connectivity index is 1.73. The molecule has 1 unspecified atom stereocenters. The van der Waals surface area contributed by atoms with Crippen LogP contribution < -0.4 is 4.90 Å². The maximum Gasteiger partial charge on any atom is 0.410 e. The molecule has 8 heteroatoms. The van der Waals surface area contributed by atoms with Crippen molar-refractivity contribution in [2.24, 2.45) is 0 Å². The van der Waals surface area contributed by atoms with Crippen molar-refractivity contribution < 1.29 is 18.3 Å². The summed E-state index contributed by atoms with van der Waals surface area (Å²) in [5, 5.41) is 0. The van der Waals surface area contributed by atoms with Crippen LogP contribution in [0.15, 0.2) is 6.33 Å². The van der Waals surface area contributed by atoms with Gasteiger partial charge < -0.3 is 14.5 Å². The van der Waals surface area contributed by atoms with Crippen LogP contribution >= 0.6 is 0 Å². The van der Waals surface area contributed by atoms with E-state index in [4.69, 9.17) is 4.74 Å². The molecule has 25 heavy (non-hydrogen) atoms. The first-order valence-electron chi connectivity index (χ1n) is 8.54. The van der Waals surface area contributed by atoms with Gasteiger partial charge in [0.05, 0.1) is 0 Å². The SMILES string of the molecule is CC1CC(F)(F)c2ncnc(N3CCN(C(=O)OC(C)(C)C)CC3)c21. The summed E-state index contributed by atoms with van der Waals surface area (Å²) in [5.74, 6) is -2.62. The predicted molar refractivity (Wildman–Crippen MR) is 89.0 cm³/mol. The lowest BCUT2D eigenvalue weighted by Crippen LogP contribution is -2.50. The molecule has 0 aromatic carbocycles. The summed E-state index contributed by atoms with van der Waals surface area (Å²) in [6, 6.07) is 0. The summed E-state index contributed by atoms with van der Waals surface area (Å²) >= 11 is 0. The zero-order valence-corrected chi connectivity index (χ0v) is 15.1. The maximum absolute atomic E-state index is 14.1. The number of halogens is 2. The van der Waals surface area contributed by atoms with E-state index in [1.165, 1.54) is 6.33 Å². The number of anilines is 1. The molecule has 2 heterocycles. The molecule has 1 aromatic rings. The first kappa shape index (κ1) is 17.8. The number of hydrogen-bond donors (Lipinski definition) is 0. The Bertz CT molecular complexity index is 667. The van der Waals surface area contributed by atoms with Crippen molar-refractivity contribution in [2.75, 3.05) is 31.1 Å². The Hall–Kier alpha value is -1.99. The van der Waals surface area contributed by atoms with Gasteiger partial charge in [0.15, 0.2) is 0 Å². The van der Waals surface area contributed by atoms with Crippen molar-refractivity contribution >= 4 is 11.9 Å². The second-order valence-electron chi connectivity index (χ2n) is 7.72. The van der Waals surface area contributed by atoms with Crippen molar-refractivity contribution in [3.8, 4) is 0 Å². The molecule has 1 aromatic heterocycles. The van der Waals surface area contributed by atoms with E-state index in [0.717, 1.165) is 0 Å². The Morgan fingerprint density at radius 3 is 2.48 bits per heavy atom. The van der Waals surface area contributed by atoms with E-state index in [1.807, 2.05) is 25.7 Å². The molecule has 0 N–H and O–H groups in total. The van der Waals surface area contributed by atoms with Gasteiger partial charge in [0.1, 0.15) is 23.4 Å². The van der Waals surface area contributed by atoms with Gasteiger partial charge in [-0.05, 0) is 26.7 Å². The highest BCUT2D eigenvalue weighted by Crippen LogP contribution is 2.49. The Morgan fingerprint density at radius 1 is 1.24 bits per heavy atom. The number of fused-ring (bicyclic) bond motifs is 1. The number of amides is 1. The Morgan fingerprint density at radius 2 is 1.88 bits per heavy atom. The first-order chi connectivity index (χ1) is 11.6. The number of piperazine rings is 1. The molecule has 138 valence electrons. The van der Waals surface area contributed by atoms with E-state index in [-0.39, 0.29) is 24.1 Å². The molecule has 1 aliphatic heterocycles. The Kier molecular flexibility index (Phi) is 4.33. The minimum Gasteiger partial charge on any atom is -0.444 e. The Labute approximate surface area is 146 Å². The molecule has 6 nitrogen and oxygen atoms in total. The quantitative estimate of drug-likeness (QED) is 0.775. The molecular formula is C17H24F2N4O2. The molecule has 1 fully saturated rings. The normalized spacial score (nSPS) is 22.7. The number of aromatic nitrogens is 2. The molecule has 0 saturated carbocycles. The zero-order valence-electron chi connectivity index (χ0n) is 15.1. The topological polar surface area (TPSA) is 58.6 Å². The molecule has 0 bridgehead atoms. The number of ether oxygens (including phenoxy) is 1. The van der Waals surface area contributed by atoms with Crippen molar-refractivity contribution in [3.63, 3.8) is 0 Å². The fraction of sp³-hybridized carbons (Fsp3) is 0.706.